The van der Waals surface area contributed by atoms with Crippen LogP contribution in [0.2, 0.25) is 0 Å². The number of aliphatic imine (C=N–C) groups is 1. The minimum atomic E-state index is 1.11. The lowest BCUT2D eigenvalue weighted by Crippen LogP contribution is -1.95. The molecule has 0 atom stereocenters. The Labute approximate surface area is 84.3 Å². The van der Waals surface area contributed by atoms with Crippen molar-refractivity contribution >= 4 is 16.8 Å². The number of hydrogen-bond donors (Lipinski definition) is 0. The first-order valence-electron chi connectivity index (χ1n) is 4.44. The zero-order valence-corrected chi connectivity index (χ0v) is 8.90. The van der Waals surface area contributed by atoms with Crippen LogP contribution in [-0.2, 0) is 0 Å². The highest BCUT2D eigenvalue weighted by molar-refractivity contribution is 8.14. The monoisotopic (exact) mass is 192 g/mol. The molecule has 0 unspecified atom stereocenters. The van der Waals surface area contributed by atoms with Crippen molar-refractivity contribution in [3.8, 4) is 0 Å². The van der Waals surface area contributed by atoms with Crippen LogP contribution in [0.25, 0.3) is 0 Å². The molecular weight excluding hydrogens is 178 g/mol. The Morgan fingerprint density at radius 2 is 2.46 bits per heavy atom. The fourth-order valence-electron chi connectivity index (χ4n) is 1.00. The third-order valence-electron chi connectivity index (χ3n) is 1.60. The second-order valence-electron chi connectivity index (χ2n) is 2.67. The first kappa shape index (κ1) is 10.3. The van der Waals surface area contributed by atoms with E-state index in [2.05, 4.69) is 24.0 Å². The van der Waals surface area contributed by atoms with Gasteiger partial charge >= 0.3 is 0 Å². The second-order valence-corrected chi connectivity index (χ2v) is 3.75. The van der Waals surface area contributed by atoms with Crippen molar-refractivity contribution < 1.29 is 0 Å². The van der Waals surface area contributed by atoms with Crippen molar-refractivity contribution in [2.75, 3.05) is 12.8 Å². The summed E-state index contributed by atoms with van der Waals surface area (Å²) in [5, 5.41) is 1.11. The Morgan fingerprint density at radius 1 is 1.62 bits per heavy atom. The highest BCUT2D eigenvalue weighted by Gasteiger charge is 2.00. The summed E-state index contributed by atoms with van der Waals surface area (Å²) in [6.07, 6.45) is 1.18. The van der Waals surface area contributed by atoms with E-state index >= 15 is 0 Å². The average Bonchev–Trinajstić information content (AvgIpc) is 2.21. The van der Waals surface area contributed by atoms with Crippen molar-refractivity contribution in [1.29, 1.82) is 0 Å². The highest BCUT2D eigenvalue weighted by Crippen LogP contribution is 2.13. The number of rotatable bonds is 3. The van der Waals surface area contributed by atoms with Gasteiger partial charge in [0.1, 0.15) is 0 Å². The van der Waals surface area contributed by atoms with Gasteiger partial charge in [-0.05, 0) is 24.3 Å². The van der Waals surface area contributed by atoms with E-state index in [-0.39, 0.29) is 0 Å². The minimum absolute atomic E-state index is 1.11. The lowest BCUT2D eigenvalue weighted by molar-refractivity contribution is 1.11. The van der Waals surface area contributed by atoms with Gasteiger partial charge in [-0.2, -0.15) is 0 Å². The molecule has 1 nitrogen and oxygen atoms in total. The molecule has 69 valence electrons. The molecule has 0 amide bonds. The molecular formula is C11H14NS. The van der Waals surface area contributed by atoms with E-state index in [9.17, 15) is 0 Å². The molecule has 0 N–H and O–H groups in total. The molecule has 0 aromatic heterocycles. The maximum Gasteiger partial charge on any atom is 0.0973 e. The molecule has 1 radical (unpaired) electrons. The van der Waals surface area contributed by atoms with Gasteiger partial charge in [-0.1, -0.05) is 25.1 Å². The first-order valence-corrected chi connectivity index (χ1v) is 5.43. The number of thioether (sulfide) groups is 1. The minimum Gasteiger partial charge on any atom is -0.281 e. The predicted octanol–water partition coefficient (Wildman–Crippen LogP) is 3.01. The van der Waals surface area contributed by atoms with Gasteiger partial charge in [0.25, 0.3) is 0 Å². The Kier molecular flexibility index (Phi) is 4.61. The smallest absolute Gasteiger partial charge is 0.0973 e. The summed E-state index contributed by atoms with van der Waals surface area (Å²) in [6.45, 7) is 2.18. The molecule has 0 saturated heterocycles. The van der Waals surface area contributed by atoms with Crippen molar-refractivity contribution in [1.82, 2.24) is 0 Å². The molecule has 0 saturated carbocycles. The van der Waals surface area contributed by atoms with E-state index in [4.69, 9.17) is 0 Å². The summed E-state index contributed by atoms with van der Waals surface area (Å²) in [5.74, 6) is 1.13. The first-order chi connectivity index (χ1) is 6.38. The van der Waals surface area contributed by atoms with Gasteiger partial charge in [0, 0.05) is 12.6 Å². The number of benzene rings is 1. The fourth-order valence-corrected chi connectivity index (χ4v) is 1.82. The third kappa shape index (κ3) is 3.23. The molecule has 0 spiro atoms. The fraction of sp³-hybridized carbons (Fsp3) is 0.364. The SMILES string of the molecule is CCCS/C(=N/C)c1c[c]ccc1. The van der Waals surface area contributed by atoms with Gasteiger partial charge < -0.3 is 0 Å². The zero-order chi connectivity index (χ0) is 9.52. The molecule has 1 aromatic rings. The van der Waals surface area contributed by atoms with Crippen LogP contribution in [0, 0.1) is 6.07 Å². The standard InChI is InChI=1S/C11H14NS/c1-3-9-13-11(12-2)10-7-5-4-6-8-10/h4-5,7-8H,3,9H2,1-2H3/b12-11+. The number of nitrogens with zero attached hydrogens (tertiary/aromatic N) is 1. The molecule has 0 fully saturated rings. The molecule has 0 bridgehead atoms. The summed E-state index contributed by atoms with van der Waals surface area (Å²) < 4.78 is 0. The molecule has 0 heterocycles. The van der Waals surface area contributed by atoms with Gasteiger partial charge in [0.15, 0.2) is 0 Å². The van der Waals surface area contributed by atoms with Crippen molar-refractivity contribution in [2.24, 2.45) is 4.99 Å². The maximum absolute atomic E-state index is 4.26. The Hall–Kier alpha value is -0.760. The average molecular weight is 192 g/mol. The maximum atomic E-state index is 4.26. The van der Waals surface area contributed by atoms with Crippen LogP contribution in [0.3, 0.4) is 0 Å². The summed E-state index contributed by atoms with van der Waals surface area (Å²) in [4.78, 5) is 4.26. The molecule has 1 rings (SSSR count). The second kappa shape index (κ2) is 5.81. The van der Waals surface area contributed by atoms with Crippen LogP contribution >= 0.6 is 11.8 Å². The van der Waals surface area contributed by atoms with Crippen LogP contribution in [0.5, 0.6) is 0 Å². The van der Waals surface area contributed by atoms with Crippen molar-refractivity contribution in [3.63, 3.8) is 0 Å². The summed E-state index contributed by atoms with van der Waals surface area (Å²) in [6, 6.07) is 11.0. The van der Waals surface area contributed by atoms with E-state index in [1.165, 1.54) is 12.0 Å². The topological polar surface area (TPSA) is 12.4 Å². The zero-order valence-electron chi connectivity index (χ0n) is 8.08. The molecule has 13 heavy (non-hydrogen) atoms. The lowest BCUT2D eigenvalue weighted by atomic mass is 10.2. The largest absolute Gasteiger partial charge is 0.281 e. The normalized spacial score (nSPS) is 11.7. The predicted molar refractivity (Wildman–Crippen MR) is 60.5 cm³/mol. The molecule has 1 aromatic carbocycles. The Morgan fingerprint density at radius 3 is 3.00 bits per heavy atom. The summed E-state index contributed by atoms with van der Waals surface area (Å²) in [7, 11) is 1.84. The molecule has 0 aliphatic carbocycles. The van der Waals surface area contributed by atoms with Gasteiger partial charge in [-0.15, -0.1) is 11.8 Å². The van der Waals surface area contributed by atoms with Gasteiger partial charge in [-0.25, -0.2) is 0 Å². The van der Waals surface area contributed by atoms with E-state index in [0.29, 0.717) is 0 Å². The van der Waals surface area contributed by atoms with Crippen molar-refractivity contribution in [3.05, 3.63) is 35.9 Å². The van der Waals surface area contributed by atoms with Crippen molar-refractivity contribution in [2.45, 2.75) is 13.3 Å². The van der Waals surface area contributed by atoms with Gasteiger partial charge in [-0.3, -0.25) is 4.99 Å². The van der Waals surface area contributed by atoms with E-state index in [1.807, 2.05) is 25.2 Å². The summed E-state index contributed by atoms with van der Waals surface area (Å²) >= 11 is 1.80. The van der Waals surface area contributed by atoms with Crippen LogP contribution in [0.1, 0.15) is 18.9 Å². The van der Waals surface area contributed by atoms with Gasteiger partial charge in [0.2, 0.25) is 0 Å². The molecule has 2 heteroatoms. The van der Waals surface area contributed by atoms with Crippen LogP contribution in [0.15, 0.2) is 29.3 Å². The van der Waals surface area contributed by atoms with Crippen LogP contribution in [0.4, 0.5) is 0 Å². The van der Waals surface area contributed by atoms with E-state index in [1.54, 1.807) is 11.8 Å². The van der Waals surface area contributed by atoms with Crippen LogP contribution in [-0.4, -0.2) is 17.8 Å². The molecule has 0 aliphatic heterocycles. The number of hydrogen-bond acceptors (Lipinski definition) is 2. The Balaban J connectivity index is 2.69. The molecule has 0 aliphatic rings. The highest BCUT2D eigenvalue weighted by atomic mass is 32.2. The van der Waals surface area contributed by atoms with E-state index < -0.39 is 0 Å². The quantitative estimate of drug-likeness (QED) is 0.529. The van der Waals surface area contributed by atoms with E-state index in [0.717, 1.165) is 10.8 Å². The van der Waals surface area contributed by atoms with Gasteiger partial charge in [0.05, 0.1) is 5.04 Å². The third-order valence-corrected chi connectivity index (χ3v) is 2.90. The van der Waals surface area contributed by atoms with Crippen LogP contribution < -0.4 is 0 Å². The lowest BCUT2D eigenvalue weighted by Gasteiger charge is -2.03. The summed E-state index contributed by atoms with van der Waals surface area (Å²) in [5.41, 5.74) is 1.17. The Bertz CT molecular complexity index is 267.